The van der Waals surface area contributed by atoms with Gasteiger partial charge in [0.15, 0.2) is 0 Å². The molecular formula is C17H30N2O. The Bertz CT molecular complexity index is 364. The van der Waals surface area contributed by atoms with Crippen molar-refractivity contribution in [2.24, 2.45) is 0 Å². The van der Waals surface area contributed by atoms with Crippen LogP contribution in [0.15, 0.2) is 24.3 Å². The molecule has 1 rings (SSSR count). The minimum Gasteiger partial charge on any atom is -0.380 e. The fraction of sp³-hybridized carbons (Fsp3) is 0.647. The second kappa shape index (κ2) is 9.11. The Labute approximate surface area is 124 Å². The van der Waals surface area contributed by atoms with Gasteiger partial charge in [-0.25, -0.2) is 0 Å². The molecule has 114 valence electrons. The van der Waals surface area contributed by atoms with Crippen molar-refractivity contribution >= 4 is 0 Å². The SMILES string of the molecule is CCOCCN(C)C(C)C(NC)c1ccc(CC)cc1. The van der Waals surface area contributed by atoms with Crippen molar-refractivity contribution < 1.29 is 4.74 Å². The Hall–Kier alpha value is -0.900. The van der Waals surface area contributed by atoms with Crippen LogP contribution in [0.3, 0.4) is 0 Å². The Morgan fingerprint density at radius 2 is 1.85 bits per heavy atom. The van der Waals surface area contributed by atoms with Crippen LogP contribution >= 0.6 is 0 Å². The summed E-state index contributed by atoms with van der Waals surface area (Å²) >= 11 is 0. The van der Waals surface area contributed by atoms with Crippen molar-refractivity contribution in [3.63, 3.8) is 0 Å². The molecule has 0 bridgehead atoms. The molecule has 1 aromatic rings. The summed E-state index contributed by atoms with van der Waals surface area (Å²) in [6.45, 7) is 9.03. The van der Waals surface area contributed by atoms with Crippen LogP contribution in [0.1, 0.15) is 37.9 Å². The molecule has 0 spiro atoms. The third-order valence-corrected chi connectivity index (χ3v) is 4.03. The summed E-state index contributed by atoms with van der Waals surface area (Å²) in [6, 6.07) is 9.71. The number of nitrogens with zero attached hydrogens (tertiary/aromatic N) is 1. The van der Waals surface area contributed by atoms with Gasteiger partial charge in [-0.15, -0.1) is 0 Å². The lowest BCUT2D eigenvalue weighted by Gasteiger charge is -2.32. The molecule has 20 heavy (non-hydrogen) atoms. The third kappa shape index (κ3) is 4.89. The molecule has 3 heteroatoms. The standard InChI is InChI=1S/C17H30N2O/c1-6-15-8-10-16(11-9-15)17(18-4)14(3)19(5)12-13-20-7-2/h8-11,14,17-18H,6-7,12-13H2,1-5H3. The van der Waals surface area contributed by atoms with E-state index < -0.39 is 0 Å². The van der Waals surface area contributed by atoms with Gasteiger partial charge in [0.1, 0.15) is 0 Å². The van der Waals surface area contributed by atoms with Crippen molar-refractivity contribution in [2.45, 2.75) is 39.3 Å². The van der Waals surface area contributed by atoms with E-state index in [1.807, 2.05) is 14.0 Å². The summed E-state index contributed by atoms with van der Waals surface area (Å²) in [6.07, 6.45) is 1.09. The zero-order valence-electron chi connectivity index (χ0n) is 13.6. The number of benzene rings is 1. The van der Waals surface area contributed by atoms with Crippen LogP contribution in [0.2, 0.25) is 0 Å². The summed E-state index contributed by atoms with van der Waals surface area (Å²) in [7, 11) is 4.19. The molecule has 0 saturated carbocycles. The quantitative estimate of drug-likeness (QED) is 0.703. The van der Waals surface area contributed by atoms with Gasteiger partial charge in [0.05, 0.1) is 6.61 Å². The molecule has 0 heterocycles. The molecule has 0 amide bonds. The van der Waals surface area contributed by atoms with Crippen molar-refractivity contribution in [1.29, 1.82) is 0 Å². The number of hydrogen-bond acceptors (Lipinski definition) is 3. The first kappa shape index (κ1) is 17.2. The van der Waals surface area contributed by atoms with E-state index in [0.29, 0.717) is 12.1 Å². The van der Waals surface area contributed by atoms with E-state index in [9.17, 15) is 0 Å². The predicted molar refractivity (Wildman–Crippen MR) is 86.2 cm³/mol. The number of rotatable bonds is 9. The topological polar surface area (TPSA) is 24.5 Å². The van der Waals surface area contributed by atoms with Crippen LogP contribution in [0.5, 0.6) is 0 Å². The molecule has 1 N–H and O–H groups in total. The highest BCUT2D eigenvalue weighted by molar-refractivity contribution is 5.26. The van der Waals surface area contributed by atoms with Crippen molar-refractivity contribution in [1.82, 2.24) is 10.2 Å². The maximum atomic E-state index is 5.44. The Balaban J connectivity index is 2.67. The highest BCUT2D eigenvalue weighted by Gasteiger charge is 2.21. The average Bonchev–Trinajstić information content (AvgIpc) is 2.48. The smallest absolute Gasteiger partial charge is 0.0593 e. The molecule has 0 fully saturated rings. The zero-order valence-corrected chi connectivity index (χ0v) is 13.6. The van der Waals surface area contributed by atoms with Gasteiger partial charge >= 0.3 is 0 Å². The van der Waals surface area contributed by atoms with Crippen molar-refractivity contribution in [2.75, 3.05) is 33.9 Å². The fourth-order valence-corrected chi connectivity index (χ4v) is 2.46. The zero-order chi connectivity index (χ0) is 15.0. The maximum Gasteiger partial charge on any atom is 0.0593 e. The first-order chi connectivity index (χ1) is 9.63. The normalized spacial score (nSPS) is 14.5. The molecule has 3 nitrogen and oxygen atoms in total. The molecule has 0 aliphatic rings. The van der Waals surface area contributed by atoms with Gasteiger partial charge in [0.2, 0.25) is 0 Å². The van der Waals surface area contributed by atoms with Crippen LogP contribution in [-0.2, 0) is 11.2 Å². The molecule has 0 radical (unpaired) electrons. The van der Waals surface area contributed by atoms with E-state index in [0.717, 1.165) is 26.2 Å². The van der Waals surface area contributed by atoms with Crippen molar-refractivity contribution in [3.8, 4) is 0 Å². The van der Waals surface area contributed by atoms with Gasteiger partial charge in [0.25, 0.3) is 0 Å². The van der Waals surface area contributed by atoms with E-state index in [-0.39, 0.29) is 0 Å². The highest BCUT2D eigenvalue weighted by Crippen LogP contribution is 2.20. The molecule has 0 aromatic heterocycles. The van der Waals surface area contributed by atoms with Crippen LogP contribution in [0.4, 0.5) is 0 Å². The minimum absolute atomic E-state index is 0.340. The van der Waals surface area contributed by atoms with E-state index in [1.54, 1.807) is 0 Å². The van der Waals surface area contributed by atoms with Gasteiger partial charge in [-0.05, 0) is 45.5 Å². The monoisotopic (exact) mass is 278 g/mol. The van der Waals surface area contributed by atoms with E-state index >= 15 is 0 Å². The Morgan fingerprint density at radius 3 is 2.35 bits per heavy atom. The second-order valence-electron chi connectivity index (χ2n) is 5.28. The summed E-state index contributed by atoms with van der Waals surface area (Å²) < 4.78 is 5.44. The molecule has 1 aromatic carbocycles. The molecule has 2 atom stereocenters. The lowest BCUT2D eigenvalue weighted by Crippen LogP contribution is -2.41. The average molecular weight is 278 g/mol. The van der Waals surface area contributed by atoms with Crippen LogP contribution in [0.25, 0.3) is 0 Å². The van der Waals surface area contributed by atoms with Crippen LogP contribution in [0, 0.1) is 0 Å². The van der Waals surface area contributed by atoms with Crippen LogP contribution < -0.4 is 5.32 Å². The summed E-state index contributed by atoms with van der Waals surface area (Å²) in [5, 5.41) is 3.44. The van der Waals surface area contributed by atoms with E-state index in [2.05, 4.69) is 55.4 Å². The first-order valence-corrected chi connectivity index (χ1v) is 7.68. The third-order valence-electron chi connectivity index (χ3n) is 4.03. The molecule has 2 unspecified atom stereocenters. The molecule has 0 saturated heterocycles. The van der Waals surface area contributed by atoms with E-state index in [4.69, 9.17) is 4.74 Å². The number of ether oxygens (including phenoxy) is 1. The number of nitrogens with one attached hydrogen (secondary N) is 1. The van der Waals surface area contributed by atoms with Gasteiger partial charge in [-0.3, -0.25) is 4.90 Å². The first-order valence-electron chi connectivity index (χ1n) is 7.68. The highest BCUT2D eigenvalue weighted by atomic mass is 16.5. The number of hydrogen-bond donors (Lipinski definition) is 1. The van der Waals surface area contributed by atoms with Crippen LogP contribution in [-0.4, -0.2) is 44.8 Å². The van der Waals surface area contributed by atoms with Gasteiger partial charge in [-0.2, -0.15) is 0 Å². The van der Waals surface area contributed by atoms with Gasteiger partial charge in [-0.1, -0.05) is 31.2 Å². The van der Waals surface area contributed by atoms with Gasteiger partial charge < -0.3 is 10.1 Å². The van der Waals surface area contributed by atoms with Crippen molar-refractivity contribution in [3.05, 3.63) is 35.4 Å². The summed E-state index contributed by atoms with van der Waals surface area (Å²) in [5.74, 6) is 0. The largest absolute Gasteiger partial charge is 0.380 e. The molecule has 0 aliphatic carbocycles. The second-order valence-corrected chi connectivity index (χ2v) is 5.28. The summed E-state index contributed by atoms with van der Waals surface area (Å²) in [4.78, 5) is 2.35. The molecular weight excluding hydrogens is 248 g/mol. The lowest BCUT2D eigenvalue weighted by molar-refractivity contribution is 0.102. The Morgan fingerprint density at radius 1 is 1.20 bits per heavy atom. The number of aryl methyl sites for hydroxylation is 1. The summed E-state index contributed by atoms with van der Waals surface area (Å²) in [5.41, 5.74) is 2.74. The van der Waals surface area contributed by atoms with E-state index in [1.165, 1.54) is 11.1 Å². The number of likely N-dealkylation sites (N-methyl/N-ethyl adjacent to an activating group) is 2. The Kier molecular flexibility index (Phi) is 7.82. The minimum atomic E-state index is 0.340. The maximum absolute atomic E-state index is 5.44. The predicted octanol–water partition coefficient (Wildman–Crippen LogP) is 2.87. The lowest BCUT2D eigenvalue weighted by atomic mass is 9.98. The fourth-order valence-electron chi connectivity index (χ4n) is 2.46. The molecule has 0 aliphatic heterocycles. The van der Waals surface area contributed by atoms with Gasteiger partial charge in [0, 0.05) is 25.2 Å².